The van der Waals surface area contributed by atoms with E-state index >= 15 is 0 Å². The molecule has 0 spiro atoms. The molecular formula is C23H20ClN3O2. The van der Waals surface area contributed by atoms with Gasteiger partial charge in [0, 0.05) is 21.8 Å². The second-order valence-electron chi connectivity index (χ2n) is 6.54. The zero-order chi connectivity index (χ0) is 20.8. The maximum absolute atomic E-state index is 12.3. The molecule has 0 bridgehead atoms. The second-order valence-corrected chi connectivity index (χ2v) is 6.98. The maximum atomic E-state index is 12.3. The highest BCUT2D eigenvalue weighted by Crippen LogP contribution is 2.14. The number of anilines is 1. The van der Waals surface area contributed by atoms with E-state index in [0.717, 1.165) is 11.1 Å². The standard InChI is InChI=1S/C23H20ClN3O2/c1-15-3-5-19(6-4-15)23(29)27-26-16(2)17-9-13-21(14-10-17)25-22(28)18-7-11-20(24)12-8-18/h3-14H,1-2H3,(H,25,28)(H,27,29). The van der Waals surface area contributed by atoms with E-state index in [1.54, 1.807) is 55.5 Å². The van der Waals surface area contributed by atoms with Crippen LogP contribution in [-0.2, 0) is 0 Å². The quantitative estimate of drug-likeness (QED) is 0.460. The number of amides is 2. The van der Waals surface area contributed by atoms with Crippen LogP contribution in [0.2, 0.25) is 5.02 Å². The average Bonchev–Trinajstić information content (AvgIpc) is 2.73. The number of carbonyl (C=O) groups excluding carboxylic acids is 2. The van der Waals surface area contributed by atoms with Crippen molar-refractivity contribution in [2.45, 2.75) is 13.8 Å². The number of benzene rings is 3. The summed E-state index contributed by atoms with van der Waals surface area (Å²) in [4.78, 5) is 24.4. The van der Waals surface area contributed by atoms with Gasteiger partial charge >= 0.3 is 0 Å². The summed E-state index contributed by atoms with van der Waals surface area (Å²) in [5.74, 6) is -0.485. The molecule has 0 unspecified atom stereocenters. The SMILES string of the molecule is CC(=NNC(=O)c1ccc(C)cc1)c1ccc(NC(=O)c2ccc(Cl)cc2)cc1. The zero-order valence-electron chi connectivity index (χ0n) is 16.1. The molecule has 0 atom stereocenters. The van der Waals surface area contributed by atoms with E-state index < -0.39 is 0 Å². The summed E-state index contributed by atoms with van der Waals surface area (Å²) in [6.45, 7) is 3.77. The van der Waals surface area contributed by atoms with E-state index in [1.165, 1.54) is 0 Å². The molecule has 2 amide bonds. The predicted molar refractivity (Wildman–Crippen MR) is 117 cm³/mol. The van der Waals surface area contributed by atoms with Crippen molar-refractivity contribution in [3.05, 3.63) is 100 Å². The normalized spacial score (nSPS) is 11.1. The van der Waals surface area contributed by atoms with Crippen molar-refractivity contribution in [3.63, 3.8) is 0 Å². The van der Waals surface area contributed by atoms with Crippen LogP contribution >= 0.6 is 11.6 Å². The van der Waals surface area contributed by atoms with Crippen molar-refractivity contribution in [2.75, 3.05) is 5.32 Å². The third-order valence-electron chi connectivity index (χ3n) is 4.31. The van der Waals surface area contributed by atoms with Crippen LogP contribution in [0.15, 0.2) is 77.9 Å². The number of hydrazone groups is 1. The number of nitrogens with zero attached hydrogens (tertiary/aromatic N) is 1. The molecule has 3 rings (SSSR count). The van der Waals surface area contributed by atoms with Crippen LogP contribution in [0.25, 0.3) is 0 Å². The van der Waals surface area contributed by atoms with Crippen LogP contribution in [-0.4, -0.2) is 17.5 Å². The molecule has 29 heavy (non-hydrogen) atoms. The molecule has 3 aromatic rings. The van der Waals surface area contributed by atoms with E-state index in [-0.39, 0.29) is 11.8 Å². The Morgan fingerprint density at radius 2 is 1.28 bits per heavy atom. The molecule has 0 fully saturated rings. The van der Waals surface area contributed by atoms with Gasteiger partial charge in [-0.05, 0) is 67.9 Å². The largest absolute Gasteiger partial charge is 0.322 e. The predicted octanol–water partition coefficient (Wildman–Crippen LogP) is 5.05. The Hall–Kier alpha value is -3.44. The number of hydrogen-bond acceptors (Lipinski definition) is 3. The average molecular weight is 406 g/mol. The number of halogens is 1. The first-order valence-corrected chi connectivity index (χ1v) is 9.39. The molecule has 0 radical (unpaired) electrons. The molecule has 0 aromatic heterocycles. The highest BCUT2D eigenvalue weighted by Gasteiger charge is 2.07. The van der Waals surface area contributed by atoms with Gasteiger partial charge in [0.1, 0.15) is 0 Å². The van der Waals surface area contributed by atoms with Crippen molar-refractivity contribution < 1.29 is 9.59 Å². The van der Waals surface area contributed by atoms with Gasteiger partial charge in [0.2, 0.25) is 0 Å². The van der Waals surface area contributed by atoms with E-state index in [9.17, 15) is 9.59 Å². The van der Waals surface area contributed by atoms with Crippen LogP contribution in [0, 0.1) is 6.92 Å². The Bertz CT molecular complexity index is 1040. The lowest BCUT2D eigenvalue weighted by atomic mass is 10.1. The molecule has 0 heterocycles. The van der Waals surface area contributed by atoms with Gasteiger partial charge in [-0.25, -0.2) is 5.43 Å². The van der Waals surface area contributed by atoms with E-state index in [1.807, 2.05) is 31.2 Å². The molecule has 146 valence electrons. The highest BCUT2D eigenvalue weighted by molar-refractivity contribution is 6.30. The topological polar surface area (TPSA) is 70.6 Å². The van der Waals surface area contributed by atoms with Crippen molar-refractivity contribution in [2.24, 2.45) is 5.10 Å². The highest BCUT2D eigenvalue weighted by atomic mass is 35.5. The molecule has 0 aliphatic heterocycles. The van der Waals surface area contributed by atoms with Crippen molar-refractivity contribution >= 4 is 34.8 Å². The lowest BCUT2D eigenvalue weighted by molar-refractivity contribution is 0.0954. The lowest BCUT2D eigenvalue weighted by Gasteiger charge is -2.07. The third kappa shape index (κ3) is 5.53. The van der Waals surface area contributed by atoms with Gasteiger partial charge < -0.3 is 5.32 Å². The Labute approximate surface area is 174 Å². The Balaban J connectivity index is 1.62. The zero-order valence-corrected chi connectivity index (χ0v) is 16.8. The van der Waals surface area contributed by atoms with Crippen LogP contribution in [0.3, 0.4) is 0 Å². The smallest absolute Gasteiger partial charge is 0.271 e. The van der Waals surface area contributed by atoms with E-state index in [0.29, 0.717) is 27.5 Å². The number of aryl methyl sites for hydroxylation is 1. The molecule has 0 saturated heterocycles. The third-order valence-corrected chi connectivity index (χ3v) is 4.56. The molecule has 0 aliphatic carbocycles. The number of hydrogen-bond donors (Lipinski definition) is 2. The van der Waals surface area contributed by atoms with Gasteiger partial charge in [-0.3, -0.25) is 9.59 Å². The van der Waals surface area contributed by atoms with Crippen LogP contribution in [0.1, 0.15) is 38.8 Å². The minimum absolute atomic E-state index is 0.217. The van der Waals surface area contributed by atoms with Crippen LogP contribution in [0.4, 0.5) is 5.69 Å². The van der Waals surface area contributed by atoms with Crippen LogP contribution in [0.5, 0.6) is 0 Å². The minimum atomic E-state index is -0.267. The first-order chi connectivity index (χ1) is 13.9. The fourth-order valence-corrected chi connectivity index (χ4v) is 2.69. The van der Waals surface area contributed by atoms with Gasteiger partial charge in [-0.1, -0.05) is 41.4 Å². The molecular weight excluding hydrogens is 386 g/mol. The minimum Gasteiger partial charge on any atom is -0.322 e. The van der Waals surface area contributed by atoms with E-state index in [2.05, 4.69) is 15.8 Å². The molecule has 2 N–H and O–H groups in total. The number of carbonyl (C=O) groups is 2. The van der Waals surface area contributed by atoms with Crippen molar-refractivity contribution in [3.8, 4) is 0 Å². The Morgan fingerprint density at radius 3 is 1.90 bits per heavy atom. The monoisotopic (exact) mass is 405 g/mol. The Kier molecular flexibility index (Phi) is 6.42. The van der Waals surface area contributed by atoms with Crippen molar-refractivity contribution in [1.29, 1.82) is 0 Å². The second kappa shape index (κ2) is 9.17. The summed E-state index contributed by atoms with van der Waals surface area (Å²) in [6.07, 6.45) is 0. The number of rotatable bonds is 5. The number of nitrogens with one attached hydrogen (secondary N) is 2. The van der Waals surface area contributed by atoms with Gasteiger partial charge in [-0.2, -0.15) is 5.10 Å². The van der Waals surface area contributed by atoms with Crippen molar-refractivity contribution in [1.82, 2.24) is 5.43 Å². The maximum Gasteiger partial charge on any atom is 0.271 e. The summed E-state index contributed by atoms with van der Waals surface area (Å²) in [6, 6.07) is 21.2. The summed E-state index contributed by atoms with van der Waals surface area (Å²) >= 11 is 5.84. The summed E-state index contributed by atoms with van der Waals surface area (Å²) in [5, 5.41) is 7.56. The fraction of sp³-hybridized carbons (Fsp3) is 0.0870. The molecule has 5 nitrogen and oxygen atoms in total. The summed E-state index contributed by atoms with van der Waals surface area (Å²) < 4.78 is 0. The summed E-state index contributed by atoms with van der Waals surface area (Å²) in [5.41, 5.74) is 6.86. The van der Waals surface area contributed by atoms with Gasteiger partial charge in [0.05, 0.1) is 5.71 Å². The lowest BCUT2D eigenvalue weighted by Crippen LogP contribution is -2.19. The molecule has 3 aromatic carbocycles. The van der Waals surface area contributed by atoms with E-state index in [4.69, 9.17) is 11.6 Å². The summed E-state index contributed by atoms with van der Waals surface area (Å²) in [7, 11) is 0. The Morgan fingerprint density at radius 1 is 0.759 bits per heavy atom. The first kappa shape index (κ1) is 20.3. The molecule has 6 heteroatoms. The van der Waals surface area contributed by atoms with Crippen LogP contribution < -0.4 is 10.7 Å². The molecule has 0 aliphatic rings. The first-order valence-electron chi connectivity index (χ1n) is 9.01. The fourth-order valence-electron chi connectivity index (χ4n) is 2.57. The van der Waals surface area contributed by atoms with Gasteiger partial charge in [0.15, 0.2) is 0 Å². The van der Waals surface area contributed by atoms with Gasteiger partial charge in [-0.15, -0.1) is 0 Å². The molecule has 0 saturated carbocycles. The van der Waals surface area contributed by atoms with Gasteiger partial charge in [0.25, 0.3) is 11.8 Å².